The number of halogens is 2. The van der Waals surface area contributed by atoms with Gasteiger partial charge in [-0.05, 0) is 61.0 Å². The summed E-state index contributed by atoms with van der Waals surface area (Å²) in [5, 5.41) is 6.69. The molecule has 2 N–H and O–H groups in total. The molecular formula is C26H23BrClN3O5. The molecular weight excluding hydrogens is 550 g/mol. The summed E-state index contributed by atoms with van der Waals surface area (Å²) in [5.41, 5.74) is 3.38. The zero-order valence-electron chi connectivity index (χ0n) is 19.3. The van der Waals surface area contributed by atoms with Crippen LogP contribution in [0.5, 0.6) is 11.5 Å². The molecule has 186 valence electrons. The Hall–Kier alpha value is -3.69. The average molecular weight is 573 g/mol. The third-order valence-corrected chi connectivity index (χ3v) is 5.48. The van der Waals surface area contributed by atoms with E-state index in [1.165, 1.54) is 6.21 Å². The van der Waals surface area contributed by atoms with Gasteiger partial charge < -0.3 is 14.8 Å². The number of ether oxygens (including phenoxy) is 2. The molecule has 0 aliphatic heterocycles. The molecule has 10 heteroatoms. The summed E-state index contributed by atoms with van der Waals surface area (Å²) < 4.78 is 11.7. The number of hydrazone groups is 1. The van der Waals surface area contributed by atoms with Crippen LogP contribution in [0.2, 0.25) is 5.02 Å². The molecule has 0 radical (unpaired) electrons. The molecule has 0 saturated heterocycles. The monoisotopic (exact) mass is 571 g/mol. The zero-order chi connectivity index (χ0) is 25.9. The highest BCUT2D eigenvalue weighted by molar-refractivity contribution is 9.10. The van der Waals surface area contributed by atoms with Crippen molar-refractivity contribution in [3.8, 4) is 11.5 Å². The molecule has 8 nitrogen and oxygen atoms in total. The minimum atomic E-state index is -0.630. The summed E-state index contributed by atoms with van der Waals surface area (Å²) in [6, 6.07) is 18.1. The van der Waals surface area contributed by atoms with Crippen LogP contribution in [0.3, 0.4) is 0 Å². The molecule has 3 aromatic carbocycles. The molecule has 0 heterocycles. The summed E-state index contributed by atoms with van der Waals surface area (Å²) >= 11 is 9.42. The number of nitrogens with one attached hydrogen (secondary N) is 2. The lowest BCUT2D eigenvalue weighted by molar-refractivity contribution is -0.120. The molecule has 0 aliphatic carbocycles. The summed E-state index contributed by atoms with van der Waals surface area (Å²) in [7, 11) is 0. The molecule has 3 aromatic rings. The van der Waals surface area contributed by atoms with Gasteiger partial charge in [0.25, 0.3) is 11.8 Å². The van der Waals surface area contributed by atoms with Gasteiger partial charge in [0.2, 0.25) is 0 Å². The van der Waals surface area contributed by atoms with Crippen LogP contribution in [0, 0.1) is 0 Å². The summed E-state index contributed by atoms with van der Waals surface area (Å²) in [6.07, 6.45) is 2.21. The van der Waals surface area contributed by atoms with Crippen molar-refractivity contribution in [3.05, 3.63) is 92.9 Å². The van der Waals surface area contributed by atoms with Gasteiger partial charge in [-0.1, -0.05) is 46.6 Å². The van der Waals surface area contributed by atoms with Crippen LogP contribution in [0.4, 0.5) is 0 Å². The Labute approximate surface area is 221 Å². The van der Waals surface area contributed by atoms with Gasteiger partial charge in [-0.15, -0.1) is 0 Å². The fraction of sp³-hybridized carbons (Fsp3) is 0.154. The average Bonchev–Trinajstić information content (AvgIpc) is 2.88. The first-order valence-corrected chi connectivity index (χ1v) is 12.1. The Morgan fingerprint density at radius 2 is 1.81 bits per heavy atom. The number of hydrogen-bond donors (Lipinski definition) is 2. The largest absolute Gasteiger partial charge is 0.494 e. The van der Waals surface area contributed by atoms with Crippen molar-refractivity contribution in [1.29, 1.82) is 0 Å². The number of amides is 2. The Balaban J connectivity index is 1.55. The summed E-state index contributed by atoms with van der Waals surface area (Å²) in [4.78, 5) is 36.9. The highest BCUT2D eigenvalue weighted by Gasteiger charge is 2.14. The normalized spacial score (nSPS) is 10.6. The maximum atomic E-state index is 12.5. The predicted molar refractivity (Wildman–Crippen MR) is 141 cm³/mol. The zero-order valence-corrected chi connectivity index (χ0v) is 21.6. The highest BCUT2D eigenvalue weighted by atomic mass is 79.9. The van der Waals surface area contributed by atoms with Crippen molar-refractivity contribution in [3.63, 3.8) is 0 Å². The molecule has 36 heavy (non-hydrogen) atoms. The molecule has 0 unspecified atom stereocenters. The number of esters is 1. The lowest BCUT2D eigenvalue weighted by atomic mass is 10.2. The van der Waals surface area contributed by atoms with Crippen LogP contribution >= 0.6 is 27.5 Å². The van der Waals surface area contributed by atoms with Gasteiger partial charge in [-0.2, -0.15) is 5.10 Å². The quantitative estimate of drug-likeness (QED) is 0.154. The molecule has 0 spiro atoms. The molecule has 0 aliphatic rings. The lowest BCUT2D eigenvalue weighted by Crippen LogP contribution is -2.34. The van der Waals surface area contributed by atoms with E-state index in [1.807, 2.05) is 6.92 Å². The number of hydrogen-bond acceptors (Lipinski definition) is 6. The van der Waals surface area contributed by atoms with E-state index in [4.69, 9.17) is 21.1 Å². The van der Waals surface area contributed by atoms with Crippen LogP contribution in [0.25, 0.3) is 0 Å². The van der Waals surface area contributed by atoms with E-state index in [2.05, 4.69) is 31.8 Å². The first kappa shape index (κ1) is 26.9. The van der Waals surface area contributed by atoms with Crippen molar-refractivity contribution in [2.75, 3.05) is 13.2 Å². The first-order valence-electron chi connectivity index (χ1n) is 11.0. The van der Waals surface area contributed by atoms with Crippen molar-refractivity contribution < 1.29 is 23.9 Å². The van der Waals surface area contributed by atoms with Gasteiger partial charge >= 0.3 is 5.97 Å². The maximum absolute atomic E-state index is 12.5. The van der Waals surface area contributed by atoms with Crippen LogP contribution < -0.4 is 20.2 Å². The molecule has 0 saturated carbocycles. The van der Waals surface area contributed by atoms with Gasteiger partial charge in [-0.25, -0.2) is 10.2 Å². The Kier molecular flexibility index (Phi) is 10.0. The Bertz CT molecular complexity index is 1260. The number of carbonyl (C=O) groups is 3. The molecule has 0 bridgehead atoms. The predicted octanol–water partition coefficient (Wildman–Crippen LogP) is 4.99. The second-order valence-electron chi connectivity index (χ2n) is 7.40. The number of nitrogens with zero attached hydrogens (tertiary/aromatic N) is 1. The SMILES string of the molecule is CCCOc1ccc(C(=O)NCC(=O)NN=Cc2cc(Br)ccc2OC(=O)c2ccccc2Cl)cc1. The topological polar surface area (TPSA) is 106 Å². The number of rotatable bonds is 10. The van der Waals surface area contributed by atoms with Crippen LogP contribution in [0.1, 0.15) is 39.6 Å². The molecule has 0 fully saturated rings. The standard InChI is InChI=1S/C26H23BrClN3O5/c1-2-13-35-20-10-7-17(8-11-20)25(33)29-16-24(32)31-30-15-18-14-19(27)9-12-23(18)36-26(34)21-5-3-4-6-22(21)28/h3-12,14-15H,2,13,16H2,1H3,(H,29,33)(H,31,32). The third kappa shape index (κ3) is 7.93. The fourth-order valence-electron chi connectivity index (χ4n) is 2.89. The second-order valence-corrected chi connectivity index (χ2v) is 8.72. The van der Waals surface area contributed by atoms with Crippen molar-refractivity contribution in [2.24, 2.45) is 5.10 Å². The molecule has 0 aromatic heterocycles. The van der Waals surface area contributed by atoms with E-state index < -0.39 is 17.8 Å². The maximum Gasteiger partial charge on any atom is 0.345 e. The van der Waals surface area contributed by atoms with E-state index >= 15 is 0 Å². The lowest BCUT2D eigenvalue weighted by Gasteiger charge is -2.09. The van der Waals surface area contributed by atoms with Crippen LogP contribution in [-0.4, -0.2) is 37.1 Å². The Morgan fingerprint density at radius 1 is 1.06 bits per heavy atom. The highest BCUT2D eigenvalue weighted by Crippen LogP contribution is 2.24. The van der Waals surface area contributed by atoms with E-state index in [9.17, 15) is 14.4 Å². The first-order chi connectivity index (χ1) is 17.4. The molecule has 3 rings (SSSR count). The summed E-state index contributed by atoms with van der Waals surface area (Å²) in [5.74, 6) is -0.677. The van der Waals surface area contributed by atoms with Gasteiger partial charge in [0.1, 0.15) is 11.5 Å². The van der Waals surface area contributed by atoms with E-state index in [0.29, 0.717) is 28.0 Å². The van der Waals surface area contributed by atoms with Crippen molar-refractivity contribution >= 4 is 51.5 Å². The molecule has 0 atom stereocenters. The van der Waals surface area contributed by atoms with E-state index in [-0.39, 0.29) is 22.9 Å². The van der Waals surface area contributed by atoms with Gasteiger partial charge in [0, 0.05) is 15.6 Å². The van der Waals surface area contributed by atoms with Crippen LogP contribution in [-0.2, 0) is 4.79 Å². The van der Waals surface area contributed by atoms with Gasteiger partial charge in [0.15, 0.2) is 0 Å². The second kappa shape index (κ2) is 13.4. The summed E-state index contributed by atoms with van der Waals surface area (Å²) in [6.45, 7) is 2.32. The Morgan fingerprint density at radius 3 is 2.53 bits per heavy atom. The fourth-order valence-corrected chi connectivity index (χ4v) is 3.48. The number of benzene rings is 3. The minimum absolute atomic E-state index is 0.220. The van der Waals surface area contributed by atoms with Gasteiger partial charge in [-0.3, -0.25) is 9.59 Å². The van der Waals surface area contributed by atoms with Gasteiger partial charge in [0.05, 0.1) is 30.0 Å². The van der Waals surface area contributed by atoms with Crippen LogP contribution in [0.15, 0.2) is 76.3 Å². The number of carbonyl (C=O) groups excluding carboxylic acids is 3. The van der Waals surface area contributed by atoms with Crippen molar-refractivity contribution in [2.45, 2.75) is 13.3 Å². The van der Waals surface area contributed by atoms with E-state index in [1.54, 1.807) is 66.7 Å². The van der Waals surface area contributed by atoms with E-state index in [0.717, 1.165) is 6.42 Å². The third-order valence-electron chi connectivity index (χ3n) is 4.66. The van der Waals surface area contributed by atoms with Crippen molar-refractivity contribution in [1.82, 2.24) is 10.7 Å². The minimum Gasteiger partial charge on any atom is -0.494 e. The smallest absolute Gasteiger partial charge is 0.345 e. The molecule has 2 amide bonds.